The summed E-state index contributed by atoms with van der Waals surface area (Å²) in [6.45, 7) is 4.00. The van der Waals surface area contributed by atoms with Crippen molar-refractivity contribution in [2.24, 2.45) is 0 Å². The van der Waals surface area contributed by atoms with Crippen molar-refractivity contribution >= 4 is 11.0 Å². The molecule has 2 heterocycles. The molecule has 0 fully saturated rings. The molecule has 2 rings (SSSR count). The smallest absolute Gasteiger partial charge is 0.0997 e. The van der Waals surface area contributed by atoms with E-state index in [4.69, 9.17) is 5.26 Å². The van der Waals surface area contributed by atoms with Crippen LogP contribution >= 0.6 is 0 Å². The third-order valence-corrected chi connectivity index (χ3v) is 1.53. The van der Waals surface area contributed by atoms with Crippen molar-refractivity contribution in [1.29, 1.82) is 5.26 Å². The van der Waals surface area contributed by atoms with Crippen LogP contribution in [-0.4, -0.2) is 9.97 Å². The molecule has 0 bridgehead atoms. The summed E-state index contributed by atoms with van der Waals surface area (Å²) in [6.07, 6.45) is 6.22. The monoisotopic (exact) mass is 286 g/mol. The molecule has 0 saturated heterocycles. The van der Waals surface area contributed by atoms with E-state index in [-0.39, 0.29) is 32.7 Å². The van der Waals surface area contributed by atoms with Crippen molar-refractivity contribution in [3.8, 4) is 6.07 Å². The number of hydrogen-bond donors (Lipinski definition) is 0. The third kappa shape index (κ3) is 4.34. The van der Waals surface area contributed by atoms with Crippen LogP contribution in [0.3, 0.4) is 0 Å². The Morgan fingerprint density at radius 2 is 2.06 bits per heavy atom. The van der Waals surface area contributed by atoms with Crippen LogP contribution in [0.5, 0.6) is 0 Å². The van der Waals surface area contributed by atoms with E-state index in [9.17, 15) is 0 Å². The van der Waals surface area contributed by atoms with E-state index in [1.807, 2.05) is 32.4 Å². The number of aromatic nitrogens is 2. The molecule has 0 aliphatic heterocycles. The van der Waals surface area contributed by atoms with Crippen LogP contribution in [0.4, 0.5) is 0 Å². The fourth-order valence-electron chi connectivity index (χ4n) is 0.966. The van der Waals surface area contributed by atoms with Crippen LogP contribution in [0, 0.1) is 23.9 Å². The molecule has 4 heteroatoms. The first-order valence-electron chi connectivity index (χ1n) is 4.58. The molecule has 0 unspecified atom stereocenters. The zero-order valence-corrected chi connectivity index (χ0v) is 12.1. The summed E-state index contributed by atoms with van der Waals surface area (Å²) < 4.78 is 0. The summed E-state index contributed by atoms with van der Waals surface area (Å²) in [5.74, 6) is 0. The average molecular weight is 286 g/mol. The fraction of sp³-hybridized carbons (Fsp3) is 0.167. The van der Waals surface area contributed by atoms with Crippen molar-refractivity contribution < 1.29 is 32.7 Å². The zero-order valence-electron chi connectivity index (χ0n) is 9.31. The van der Waals surface area contributed by atoms with Crippen molar-refractivity contribution in [2.75, 3.05) is 0 Å². The second-order valence-electron chi connectivity index (χ2n) is 2.89. The second-order valence-corrected chi connectivity index (χ2v) is 2.89. The molecule has 3 nitrogen and oxygen atoms in total. The van der Waals surface area contributed by atoms with Gasteiger partial charge in [0.25, 0.3) is 0 Å². The molecular formula is C12H11N3Y-2. The van der Waals surface area contributed by atoms with Crippen LogP contribution in [-0.2, 0) is 32.7 Å². The summed E-state index contributed by atoms with van der Waals surface area (Å²) >= 11 is 0. The molecule has 0 saturated carbocycles. The summed E-state index contributed by atoms with van der Waals surface area (Å²) in [7, 11) is 0. The number of nitrogens with zero attached hydrogens (tertiary/aromatic N) is 3. The van der Waals surface area contributed by atoms with E-state index in [0.29, 0.717) is 11.1 Å². The maximum atomic E-state index is 8.57. The van der Waals surface area contributed by atoms with Gasteiger partial charge >= 0.3 is 0 Å². The van der Waals surface area contributed by atoms with Crippen molar-refractivity contribution in [3.63, 3.8) is 0 Å². The Balaban J connectivity index is 0.000000511. The van der Waals surface area contributed by atoms with Gasteiger partial charge in [-0.05, 0) is 11.0 Å². The molecule has 0 N–H and O–H groups in total. The molecule has 0 aliphatic rings. The van der Waals surface area contributed by atoms with Crippen molar-refractivity contribution in [2.45, 2.75) is 13.8 Å². The number of rotatable bonds is 0. The summed E-state index contributed by atoms with van der Waals surface area (Å²) in [6, 6.07) is 7.20. The Bertz CT molecular complexity index is 477. The Kier molecular flexibility index (Phi) is 7.88. The first-order chi connectivity index (χ1) is 7.31. The molecule has 0 aromatic carbocycles. The van der Waals surface area contributed by atoms with Gasteiger partial charge in [0.1, 0.15) is 0 Å². The number of nitriles is 1. The molecular weight excluding hydrogens is 275 g/mol. The largest absolute Gasteiger partial charge is 0.385 e. The summed E-state index contributed by atoms with van der Waals surface area (Å²) in [5, 5.41) is 8.57. The molecule has 16 heavy (non-hydrogen) atoms. The number of hydrogen-bond acceptors (Lipinski definition) is 3. The fourth-order valence-corrected chi connectivity index (χ4v) is 0.966. The van der Waals surface area contributed by atoms with Gasteiger partial charge in [0.05, 0.1) is 11.6 Å². The Labute approximate surface area is 121 Å². The Morgan fingerprint density at radius 1 is 1.38 bits per heavy atom. The SMILES string of the molecule is C[CH-]C.N#Cc1cnc2cc[c-]nc2c1.[Y]. The van der Waals surface area contributed by atoms with Gasteiger partial charge in [-0.1, -0.05) is 12.3 Å². The molecule has 0 spiro atoms. The summed E-state index contributed by atoms with van der Waals surface area (Å²) in [4.78, 5) is 8.00. The summed E-state index contributed by atoms with van der Waals surface area (Å²) in [5.41, 5.74) is 2.01. The van der Waals surface area contributed by atoms with E-state index >= 15 is 0 Å². The quantitative estimate of drug-likeness (QED) is 0.699. The maximum Gasteiger partial charge on any atom is 0.0997 e. The Hall–Kier alpha value is -0.846. The van der Waals surface area contributed by atoms with Crippen LogP contribution < -0.4 is 0 Å². The van der Waals surface area contributed by atoms with Gasteiger partial charge in [-0.2, -0.15) is 25.2 Å². The first kappa shape index (κ1) is 15.2. The number of pyridine rings is 2. The second kappa shape index (κ2) is 8.32. The van der Waals surface area contributed by atoms with E-state index in [0.717, 1.165) is 5.52 Å². The normalized spacial score (nSPS) is 8.31. The van der Waals surface area contributed by atoms with Gasteiger partial charge in [-0.15, -0.1) is 6.07 Å². The van der Waals surface area contributed by atoms with Gasteiger partial charge in [0.15, 0.2) is 0 Å². The van der Waals surface area contributed by atoms with Crippen LogP contribution in [0.25, 0.3) is 11.0 Å². The topological polar surface area (TPSA) is 49.6 Å². The van der Waals surface area contributed by atoms with E-state index in [1.165, 1.54) is 6.20 Å². The molecule has 0 aliphatic carbocycles. The minimum atomic E-state index is 0. The van der Waals surface area contributed by atoms with Gasteiger partial charge < -0.3 is 11.4 Å². The predicted octanol–water partition coefficient (Wildman–Crippen LogP) is 2.53. The molecule has 79 valence electrons. The van der Waals surface area contributed by atoms with Crippen molar-refractivity contribution in [1.82, 2.24) is 9.97 Å². The van der Waals surface area contributed by atoms with Crippen molar-refractivity contribution in [3.05, 3.63) is 42.6 Å². The van der Waals surface area contributed by atoms with E-state index < -0.39 is 0 Å². The molecule has 0 atom stereocenters. The van der Waals surface area contributed by atoms with E-state index in [2.05, 4.69) is 16.2 Å². The van der Waals surface area contributed by atoms with Gasteiger partial charge in [0, 0.05) is 38.9 Å². The molecule has 2 aromatic rings. The van der Waals surface area contributed by atoms with Gasteiger partial charge in [0.2, 0.25) is 0 Å². The average Bonchev–Trinajstić information content (AvgIpc) is 2.29. The van der Waals surface area contributed by atoms with Crippen LogP contribution in [0.1, 0.15) is 19.4 Å². The standard InChI is InChI=1S/C9H4N3.C3H7.Y/c10-5-7-4-9-8(12-6-7)2-1-3-11-9;1-3-2;/h1-2,4,6H;3H,1-2H3;/q2*-1;. The molecule has 1 radical (unpaired) electrons. The minimum absolute atomic E-state index is 0. The maximum absolute atomic E-state index is 8.57. The van der Waals surface area contributed by atoms with Gasteiger partial charge in [-0.25, -0.2) is 0 Å². The molecule has 0 amide bonds. The predicted molar refractivity (Wildman–Crippen MR) is 58.7 cm³/mol. The third-order valence-electron chi connectivity index (χ3n) is 1.53. The Morgan fingerprint density at radius 3 is 2.69 bits per heavy atom. The molecule has 2 aromatic heterocycles. The van der Waals surface area contributed by atoms with Crippen LogP contribution in [0.2, 0.25) is 0 Å². The zero-order chi connectivity index (χ0) is 11.1. The van der Waals surface area contributed by atoms with E-state index in [1.54, 1.807) is 12.1 Å². The van der Waals surface area contributed by atoms with Crippen LogP contribution in [0.15, 0.2) is 24.4 Å². The first-order valence-corrected chi connectivity index (χ1v) is 4.58. The number of fused-ring (bicyclic) bond motifs is 1. The minimum Gasteiger partial charge on any atom is -0.385 e. The van der Waals surface area contributed by atoms with Gasteiger partial charge in [-0.3, -0.25) is 4.98 Å².